The molecule has 0 saturated carbocycles. The minimum absolute atomic E-state index is 0.0613. The lowest BCUT2D eigenvalue weighted by Crippen LogP contribution is -2.13. The molecule has 1 aliphatic carbocycles. The molecule has 0 saturated heterocycles. The highest BCUT2D eigenvalue weighted by atomic mass is 32.1. The van der Waals surface area contributed by atoms with E-state index >= 15 is 0 Å². The van der Waals surface area contributed by atoms with Crippen LogP contribution in [0, 0.1) is 6.92 Å². The average molecular weight is 303 g/mol. The van der Waals surface area contributed by atoms with Crippen molar-refractivity contribution in [2.75, 3.05) is 5.32 Å². The third-order valence-corrected chi connectivity index (χ3v) is 4.74. The maximum atomic E-state index is 11.5. The van der Waals surface area contributed by atoms with Crippen molar-refractivity contribution in [1.29, 1.82) is 0 Å². The molecule has 3 rings (SSSR count). The number of carbonyl (C=O) groups is 1. The van der Waals surface area contributed by atoms with E-state index < -0.39 is 5.97 Å². The molecule has 2 aromatic heterocycles. The van der Waals surface area contributed by atoms with Crippen LogP contribution in [0.5, 0.6) is 0 Å². The van der Waals surface area contributed by atoms with Crippen molar-refractivity contribution in [3.05, 3.63) is 39.0 Å². The van der Waals surface area contributed by atoms with Crippen molar-refractivity contribution in [2.45, 2.75) is 39.2 Å². The van der Waals surface area contributed by atoms with Gasteiger partial charge in [-0.25, -0.2) is 14.8 Å². The molecule has 0 spiro atoms. The first kappa shape index (κ1) is 14.0. The summed E-state index contributed by atoms with van der Waals surface area (Å²) in [5.74, 6) is -0.495. The summed E-state index contributed by atoms with van der Waals surface area (Å²) in [5, 5.41) is 13.5. The van der Waals surface area contributed by atoms with Crippen molar-refractivity contribution < 1.29 is 9.90 Å². The largest absolute Gasteiger partial charge is 0.478 e. The quantitative estimate of drug-likeness (QED) is 0.907. The zero-order valence-electron chi connectivity index (χ0n) is 12.0. The van der Waals surface area contributed by atoms with Crippen molar-refractivity contribution in [1.82, 2.24) is 9.97 Å². The van der Waals surface area contributed by atoms with E-state index in [9.17, 15) is 9.90 Å². The molecule has 0 aliphatic heterocycles. The Hall–Kier alpha value is -1.95. The highest BCUT2D eigenvalue weighted by Crippen LogP contribution is 2.28. The summed E-state index contributed by atoms with van der Waals surface area (Å²) in [7, 11) is 0. The molecule has 6 heteroatoms. The lowest BCUT2D eigenvalue weighted by Gasteiger charge is -2.15. The van der Waals surface area contributed by atoms with E-state index in [1.165, 1.54) is 0 Å². The van der Waals surface area contributed by atoms with Gasteiger partial charge in [0.05, 0.1) is 6.04 Å². The predicted molar refractivity (Wildman–Crippen MR) is 82.1 cm³/mol. The third kappa shape index (κ3) is 2.76. The second kappa shape index (κ2) is 5.44. The second-order valence-corrected chi connectivity index (χ2v) is 6.59. The Morgan fingerprint density at radius 3 is 2.95 bits per heavy atom. The van der Waals surface area contributed by atoms with Gasteiger partial charge in [-0.1, -0.05) is 0 Å². The van der Waals surface area contributed by atoms with E-state index in [0.29, 0.717) is 5.82 Å². The Labute approximate surface area is 127 Å². The molecule has 0 bridgehead atoms. The second-order valence-electron chi connectivity index (χ2n) is 5.32. The molecular weight excluding hydrogens is 286 g/mol. The van der Waals surface area contributed by atoms with Crippen LogP contribution in [-0.2, 0) is 12.8 Å². The van der Waals surface area contributed by atoms with Gasteiger partial charge in [0.2, 0.25) is 0 Å². The van der Waals surface area contributed by atoms with Crippen LogP contribution in [0.2, 0.25) is 0 Å². The van der Waals surface area contributed by atoms with Gasteiger partial charge in [-0.15, -0.1) is 11.3 Å². The SMILES string of the molecule is Cc1cnc(C(C)Nc2nc3c(cc2C(=O)O)CCC3)s1. The number of pyridine rings is 1. The Kier molecular flexibility index (Phi) is 3.63. The standard InChI is InChI=1S/C15H17N3O2S/c1-8-7-16-14(21-8)9(2)17-13-11(15(19)20)6-10-4-3-5-12(10)18-13/h6-7,9H,3-5H2,1-2H3,(H,17,18)(H,19,20). The molecule has 2 N–H and O–H groups in total. The molecule has 2 heterocycles. The number of anilines is 1. The summed E-state index contributed by atoms with van der Waals surface area (Å²) in [6.45, 7) is 3.98. The molecule has 0 fully saturated rings. The number of thiazole rings is 1. The van der Waals surface area contributed by atoms with Crippen molar-refractivity contribution in [2.24, 2.45) is 0 Å². The maximum absolute atomic E-state index is 11.5. The number of hydrogen-bond donors (Lipinski definition) is 2. The smallest absolute Gasteiger partial charge is 0.339 e. The van der Waals surface area contributed by atoms with Gasteiger partial charge in [0.25, 0.3) is 0 Å². The van der Waals surface area contributed by atoms with Gasteiger partial charge >= 0.3 is 5.97 Å². The molecule has 0 aromatic carbocycles. The fourth-order valence-electron chi connectivity index (χ4n) is 2.58. The van der Waals surface area contributed by atoms with Crippen LogP contribution in [0.1, 0.15) is 50.9 Å². The Balaban J connectivity index is 1.92. The Morgan fingerprint density at radius 2 is 2.29 bits per heavy atom. The first-order chi connectivity index (χ1) is 10.0. The van der Waals surface area contributed by atoms with Crippen LogP contribution < -0.4 is 5.32 Å². The maximum Gasteiger partial charge on any atom is 0.339 e. The molecule has 21 heavy (non-hydrogen) atoms. The number of aromatic carboxylic acids is 1. The average Bonchev–Trinajstić information content (AvgIpc) is 3.05. The highest BCUT2D eigenvalue weighted by molar-refractivity contribution is 7.11. The summed E-state index contributed by atoms with van der Waals surface area (Å²) in [4.78, 5) is 21.5. The molecule has 2 aromatic rings. The number of aryl methyl sites for hydroxylation is 3. The molecule has 1 atom stereocenters. The Morgan fingerprint density at radius 1 is 1.48 bits per heavy atom. The van der Waals surface area contributed by atoms with Crippen LogP contribution in [-0.4, -0.2) is 21.0 Å². The monoisotopic (exact) mass is 303 g/mol. The first-order valence-corrected chi connectivity index (χ1v) is 7.81. The molecule has 1 unspecified atom stereocenters. The molecule has 1 aliphatic rings. The molecule has 5 nitrogen and oxygen atoms in total. The minimum atomic E-state index is -0.942. The Bertz CT molecular complexity index is 696. The van der Waals surface area contributed by atoms with Crippen LogP contribution in [0.25, 0.3) is 0 Å². The zero-order chi connectivity index (χ0) is 15.0. The lowest BCUT2D eigenvalue weighted by molar-refractivity contribution is 0.0697. The lowest BCUT2D eigenvalue weighted by atomic mass is 10.1. The van der Waals surface area contributed by atoms with Crippen LogP contribution in [0.3, 0.4) is 0 Å². The molecular formula is C15H17N3O2S. The van der Waals surface area contributed by atoms with Gasteiger partial charge in [0, 0.05) is 16.8 Å². The third-order valence-electron chi connectivity index (χ3n) is 3.64. The van der Waals surface area contributed by atoms with Gasteiger partial charge in [-0.05, 0) is 44.7 Å². The van der Waals surface area contributed by atoms with E-state index in [1.54, 1.807) is 17.4 Å². The van der Waals surface area contributed by atoms with Gasteiger partial charge in [0.1, 0.15) is 16.4 Å². The van der Waals surface area contributed by atoms with Gasteiger partial charge in [0.15, 0.2) is 0 Å². The van der Waals surface area contributed by atoms with Gasteiger partial charge in [-0.2, -0.15) is 0 Å². The van der Waals surface area contributed by atoms with E-state index in [1.807, 2.05) is 20.0 Å². The molecule has 110 valence electrons. The first-order valence-electron chi connectivity index (χ1n) is 6.99. The minimum Gasteiger partial charge on any atom is -0.478 e. The topological polar surface area (TPSA) is 75.1 Å². The number of carboxylic acids is 1. The summed E-state index contributed by atoms with van der Waals surface area (Å²) in [6, 6.07) is 1.70. The van der Waals surface area contributed by atoms with E-state index in [2.05, 4.69) is 15.3 Å². The fourth-order valence-corrected chi connectivity index (χ4v) is 3.36. The van der Waals surface area contributed by atoms with Crippen molar-refractivity contribution in [3.63, 3.8) is 0 Å². The number of hydrogen-bond acceptors (Lipinski definition) is 5. The number of fused-ring (bicyclic) bond motifs is 1. The number of nitrogens with zero attached hydrogens (tertiary/aromatic N) is 2. The number of nitrogens with one attached hydrogen (secondary N) is 1. The normalized spacial score (nSPS) is 14.8. The van der Waals surface area contributed by atoms with Crippen molar-refractivity contribution >= 4 is 23.1 Å². The van der Waals surface area contributed by atoms with E-state index in [4.69, 9.17) is 0 Å². The van der Waals surface area contributed by atoms with Crippen LogP contribution >= 0.6 is 11.3 Å². The molecule has 0 amide bonds. The number of carboxylic acid groups (broad SMARTS) is 1. The van der Waals surface area contributed by atoms with Gasteiger partial charge in [-0.3, -0.25) is 0 Å². The highest BCUT2D eigenvalue weighted by Gasteiger charge is 2.21. The van der Waals surface area contributed by atoms with Crippen LogP contribution in [0.15, 0.2) is 12.3 Å². The van der Waals surface area contributed by atoms with Crippen molar-refractivity contribution in [3.8, 4) is 0 Å². The summed E-state index contributed by atoms with van der Waals surface area (Å²) < 4.78 is 0. The summed E-state index contributed by atoms with van der Waals surface area (Å²) in [5.41, 5.74) is 2.33. The van der Waals surface area contributed by atoms with Gasteiger partial charge < -0.3 is 10.4 Å². The van der Waals surface area contributed by atoms with Crippen LogP contribution in [0.4, 0.5) is 5.82 Å². The molecule has 0 radical (unpaired) electrons. The number of rotatable bonds is 4. The summed E-state index contributed by atoms with van der Waals surface area (Å²) in [6.07, 6.45) is 4.72. The van der Waals surface area contributed by atoms with E-state index in [-0.39, 0.29) is 11.6 Å². The predicted octanol–water partition coefficient (Wildman–Crippen LogP) is 3.21. The van der Waals surface area contributed by atoms with E-state index in [0.717, 1.165) is 40.4 Å². The summed E-state index contributed by atoms with van der Waals surface area (Å²) >= 11 is 1.61. The number of aromatic nitrogens is 2. The fraction of sp³-hybridized carbons (Fsp3) is 0.400. The zero-order valence-corrected chi connectivity index (χ0v) is 12.8.